The van der Waals surface area contributed by atoms with Gasteiger partial charge in [0.05, 0.1) is 11.3 Å². The highest BCUT2D eigenvalue weighted by atomic mass is 32.2. The Morgan fingerprint density at radius 3 is 2.33 bits per heavy atom. The molecule has 3 rings (SSSR count). The van der Waals surface area contributed by atoms with Crippen molar-refractivity contribution in [3.05, 3.63) is 65.2 Å². The van der Waals surface area contributed by atoms with Crippen LogP contribution >= 0.6 is 0 Å². The fourth-order valence-electron chi connectivity index (χ4n) is 3.66. The number of benzene rings is 2. The molecule has 2 atom stereocenters. The molecule has 0 radical (unpaired) electrons. The zero-order valence-electron chi connectivity index (χ0n) is 17.0. The van der Waals surface area contributed by atoms with E-state index in [1.165, 1.54) is 12.1 Å². The zero-order chi connectivity index (χ0) is 21.9. The minimum absolute atomic E-state index is 0.0361. The molecule has 0 aliphatic heterocycles. The van der Waals surface area contributed by atoms with E-state index in [1.807, 2.05) is 0 Å². The number of alkyl halides is 1. The van der Waals surface area contributed by atoms with Crippen molar-refractivity contribution in [2.75, 3.05) is 0 Å². The highest BCUT2D eigenvalue weighted by Gasteiger charge is 2.44. The maximum absolute atomic E-state index is 16.0. The minimum Gasteiger partial charge on any atom is -0.489 e. The molecule has 0 bridgehead atoms. The van der Waals surface area contributed by atoms with Gasteiger partial charge in [-0.3, -0.25) is 0 Å². The fraction of sp³-hybridized carbons (Fsp3) is 0.455. The van der Waals surface area contributed by atoms with Gasteiger partial charge in [-0.05, 0) is 68.5 Å². The van der Waals surface area contributed by atoms with Gasteiger partial charge in [0.25, 0.3) is 0 Å². The molecule has 0 aromatic heterocycles. The van der Waals surface area contributed by atoms with Crippen LogP contribution < -0.4 is 9.46 Å². The van der Waals surface area contributed by atoms with E-state index in [9.17, 15) is 17.2 Å². The second-order valence-corrected chi connectivity index (χ2v) is 10.2. The van der Waals surface area contributed by atoms with E-state index in [0.29, 0.717) is 29.7 Å². The van der Waals surface area contributed by atoms with Crippen LogP contribution in [0.1, 0.15) is 50.7 Å². The first-order valence-electron chi connectivity index (χ1n) is 9.98. The van der Waals surface area contributed by atoms with Crippen molar-refractivity contribution in [1.29, 1.82) is 0 Å². The third-order valence-corrected chi connectivity index (χ3v) is 7.28. The Hall–Kier alpha value is -2.06. The van der Waals surface area contributed by atoms with Crippen LogP contribution in [0.2, 0.25) is 0 Å². The number of nitrogens with one attached hydrogen (secondary N) is 1. The van der Waals surface area contributed by atoms with Gasteiger partial charge in [0.15, 0.2) is 5.67 Å². The van der Waals surface area contributed by atoms with Crippen molar-refractivity contribution in [1.82, 2.24) is 4.72 Å². The van der Waals surface area contributed by atoms with Gasteiger partial charge in [-0.15, -0.1) is 0 Å². The molecule has 1 saturated carbocycles. The Bertz CT molecular complexity index is 959. The minimum atomic E-state index is -3.61. The van der Waals surface area contributed by atoms with Crippen LogP contribution in [0, 0.1) is 11.6 Å². The predicted octanol–water partition coefficient (Wildman–Crippen LogP) is 4.98. The molecule has 1 N–H and O–H groups in total. The van der Waals surface area contributed by atoms with Crippen molar-refractivity contribution in [3.8, 4) is 5.75 Å². The van der Waals surface area contributed by atoms with Crippen LogP contribution in [-0.4, -0.2) is 19.7 Å². The molecule has 164 valence electrons. The van der Waals surface area contributed by atoms with Crippen LogP contribution in [0.3, 0.4) is 0 Å². The fourth-order valence-corrected chi connectivity index (χ4v) is 4.63. The highest BCUT2D eigenvalue weighted by Crippen LogP contribution is 2.42. The smallest absolute Gasteiger partial charge is 0.214 e. The Morgan fingerprint density at radius 1 is 1.10 bits per heavy atom. The highest BCUT2D eigenvalue weighted by molar-refractivity contribution is 7.90. The van der Waals surface area contributed by atoms with Crippen molar-refractivity contribution in [2.24, 2.45) is 0 Å². The standard InChI is InChI=1S/C22H26F3NO3S/c1-15(2)30(27,28)26-21-5-3-4-10-22(21,25)17-6-8-20(9-7-17)29-14-16-11-18(23)13-19(24)12-16/h6-9,11-13,15,21,26H,3-5,10,14H2,1-2H3. The number of ether oxygens (including phenoxy) is 1. The summed E-state index contributed by atoms with van der Waals surface area (Å²) in [6, 6.07) is 8.62. The average Bonchev–Trinajstić information content (AvgIpc) is 2.68. The van der Waals surface area contributed by atoms with Gasteiger partial charge in [-0.2, -0.15) is 0 Å². The van der Waals surface area contributed by atoms with Gasteiger partial charge in [-0.25, -0.2) is 26.3 Å². The van der Waals surface area contributed by atoms with Crippen molar-refractivity contribution >= 4 is 10.0 Å². The molecule has 0 amide bonds. The monoisotopic (exact) mass is 441 g/mol. The second kappa shape index (κ2) is 8.98. The van der Waals surface area contributed by atoms with Crippen LogP contribution in [0.5, 0.6) is 5.75 Å². The molecule has 8 heteroatoms. The molecule has 4 nitrogen and oxygen atoms in total. The third-order valence-electron chi connectivity index (χ3n) is 5.42. The largest absolute Gasteiger partial charge is 0.489 e. The van der Waals surface area contributed by atoms with Crippen LogP contribution in [0.25, 0.3) is 0 Å². The van der Waals surface area contributed by atoms with E-state index >= 15 is 4.39 Å². The maximum atomic E-state index is 16.0. The summed E-state index contributed by atoms with van der Waals surface area (Å²) in [5, 5.41) is -0.646. The van der Waals surface area contributed by atoms with Crippen LogP contribution in [0.4, 0.5) is 13.2 Å². The summed E-state index contributed by atoms with van der Waals surface area (Å²) in [6.07, 6.45) is 2.06. The Kier molecular flexibility index (Phi) is 6.77. The van der Waals surface area contributed by atoms with Crippen LogP contribution in [-0.2, 0) is 22.3 Å². The molecule has 30 heavy (non-hydrogen) atoms. The number of hydrogen-bond donors (Lipinski definition) is 1. The van der Waals surface area contributed by atoms with Crippen molar-refractivity contribution < 1.29 is 26.3 Å². The van der Waals surface area contributed by atoms with Crippen LogP contribution in [0.15, 0.2) is 42.5 Å². The van der Waals surface area contributed by atoms with Gasteiger partial charge < -0.3 is 4.74 Å². The topological polar surface area (TPSA) is 55.4 Å². The van der Waals surface area contributed by atoms with E-state index in [-0.39, 0.29) is 13.0 Å². The molecular weight excluding hydrogens is 415 g/mol. The molecule has 0 heterocycles. The molecule has 1 fully saturated rings. The van der Waals surface area contributed by atoms with E-state index < -0.39 is 38.6 Å². The first kappa shape index (κ1) is 22.6. The first-order valence-corrected chi connectivity index (χ1v) is 11.5. The summed E-state index contributed by atoms with van der Waals surface area (Å²) >= 11 is 0. The molecule has 2 aromatic rings. The SMILES string of the molecule is CC(C)S(=O)(=O)NC1CCCCC1(F)c1ccc(OCc2cc(F)cc(F)c2)cc1. The summed E-state index contributed by atoms with van der Waals surface area (Å²) in [4.78, 5) is 0. The molecule has 0 spiro atoms. The van der Waals surface area contributed by atoms with E-state index in [2.05, 4.69) is 4.72 Å². The van der Waals surface area contributed by atoms with Gasteiger partial charge in [-0.1, -0.05) is 18.6 Å². The number of sulfonamides is 1. The number of halogens is 3. The molecule has 2 aromatic carbocycles. The third kappa shape index (κ3) is 5.16. The van der Waals surface area contributed by atoms with E-state index in [1.54, 1.807) is 38.1 Å². The molecule has 2 unspecified atom stereocenters. The second-order valence-electron chi connectivity index (χ2n) is 7.96. The predicted molar refractivity (Wildman–Crippen MR) is 109 cm³/mol. The Labute approximate surface area is 175 Å². The summed E-state index contributed by atoms with van der Waals surface area (Å²) in [6.45, 7) is 3.08. The van der Waals surface area contributed by atoms with Gasteiger partial charge in [0.1, 0.15) is 24.0 Å². The molecule has 0 saturated heterocycles. The molecular formula is C22H26F3NO3S. The van der Waals surface area contributed by atoms with Crippen molar-refractivity contribution in [3.63, 3.8) is 0 Å². The summed E-state index contributed by atoms with van der Waals surface area (Å²) in [5.74, 6) is -0.951. The number of hydrogen-bond acceptors (Lipinski definition) is 3. The van der Waals surface area contributed by atoms with Gasteiger partial charge >= 0.3 is 0 Å². The quantitative estimate of drug-likeness (QED) is 0.659. The normalized spacial score (nSPS) is 22.3. The Morgan fingerprint density at radius 2 is 1.73 bits per heavy atom. The number of rotatable bonds is 7. The molecule has 1 aliphatic rings. The lowest BCUT2D eigenvalue weighted by atomic mass is 9.77. The summed E-state index contributed by atoms with van der Waals surface area (Å²) in [5.41, 5.74) is -1.10. The lowest BCUT2D eigenvalue weighted by molar-refractivity contribution is 0.0711. The summed E-state index contributed by atoms with van der Waals surface area (Å²) in [7, 11) is -3.61. The molecule has 1 aliphatic carbocycles. The van der Waals surface area contributed by atoms with Crippen molar-refractivity contribution in [2.45, 2.75) is 63.1 Å². The zero-order valence-corrected chi connectivity index (χ0v) is 17.8. The van der Waals surface area contributed by atoms with Gasteiger partial charge in [0, 0.05) is 6.07 Å². The van der Waals surface area contributed by atoms with Gasteiger partial charge in [0.2, 0.25) is 10.0 Å². The first-order chi connectivity index (χ1) is 14.1. The average molecular weight is 442 g/mol. The lowest BCUT2D eigenvalue weighted by Gasteiger charge is -2.38. The lowest BCUT2D eigenvalue weighted by Crippen LogP contribution is -2.51. The Balaban J connectivity index is 1.74. The van der Waals surface area contributed by atoms with E-state index in [0.717, 1.165) is 12.5 Å². The van der Waals surface area contributed by atoms with E-state index in [4.69, 9.17) is 4.74 Å². The maximum Gasteiger partial charge on any atom is 0.214 e. The summed E-state index contributed by atoms with van der Waals surface area (Å²) < 4.78 is 75.2.